The first kappa shape index (κ1) is 20.4. The van der Waals surface area contributed by atoms with Crippen molar-refractivity contribution in [3.63, 3.8) is 0 Å². The molecule has 0 radical (unpaired) electrons. The summed E-state index contributed by atoms with van der Waals surface area (Å²) < 4.78 is 8.27. The lowest BCUT2D eigenvalue weighted by Gasteiger charge is -2.03. The maximum absolute atomic E-state index is 12.4. The molecule has 4 nitrogen and oxygen atoms in total. The molecule has 3 aromatic rings. The highest BCUT2D eigenvalue weighted by atomic mass is 32.2. The molecular formula is C22H25N2O2S2+. The van der Waals surface area contributed by atoms with Gasteiger partial charge in [-0.2, -0.15) is 4.57 Å². The number of carbonyl (C=O) groups excluding carboxylic acids is 1. The fourth-order valence-corrected chi connectivity index (χ4v) is 5.51. The number of hydrogen-bond acceptors (Lipinski definition) is 5. The predicted molar refractivity (Wildman–Crippen MR) is 117 cm³/mol. The zero-order chi connectivity index (χ0) is 20.1. The highest BCUT2D eigenvalue weighted by Crippen LogP contribution is 2.39. The smallest absolute Gasteiger partial charge is 0.350 e. The van der Waals surface area contributed by atoms with Crippen LogP contribution in [0.2, 0.25) is 0 Å². The molecule has 2 heterocycles. The number of nitrogen functional groups attached to an aromatic ring is 1. The third kappa shape index (κ3) is 4.75. The molecule has 0 saturated carbocycles. The van der Waals surface area contributed by atoms with E-state index in [1.165, 1.54) is 16.9 Å². The molecular weight excluding hydrogens is 388 g/mol. The lowest BCUT2D eigenvalue weighted by Crippen LogP contribution is -2.32. The van der Waals surface area contributed by atoms with Crippen molar-refractivity contribution in [2.75, 3.05) is 18.1 Å². The van der Waals surface area contributed by atoms with Gasteiger partial charge >= 0.3 is 5.97 Å². The van der Waals surface area contributed by atoms with Crippen molar-refractivity contribution >= 4 is 34.8 Å². The van der Waals surface area contributed by atoms with Gasteiger partial charge < -0.3 is 10.5 Å². The Balaban J connectivity index is 1.94. The lowest BCUT2D eigenvalue weighted by atomic mass is 10.2. The van der Waals surface area contributed by atoms with Gasteiger partial charge in [-0.1, -0.05) is 30.3 Å². The van der Waals surface area contributed by atoms with Crippen molar-refractivity contribution in [1.29, 1.82) is 0 Å². The van der Waals surface area contributed by atoms with Gasteiger partial charge in [0.05, 0.1) is 6.61 Å². The van der Waals surface area contributed by atoms with Gasteiger partial charge in [-0.05, 0) is 38.8 Å². The fourth-order valence-electron chi connectivity index (χ4n) is 3.05. The molecule has 0 spiro atoms. The number of rotatable bonds is 7. The molecule has 0 saturated heterocycles. The number of hydrogen-bond donors (Lipinski definition) is 1. The van der Waals surface area contributed by atoms with Crippen molar-refractivity contribution in [2.24, 2.45) is 0 Å². The molecule has 1 aromatic carbocycles. The van der Waals surface area contributed by atoms with Crippen LogP contribution in [0.4, 0.5) is 5.69 Å². The Kier molecular flexibility index (Phi) is 6.75. The highest BCUT2D eigenvalue weighted by molar-refractivity contribution is 8.01. The summed E-state index contributed by atoms with van der Waals surface area (Å²) in [7, 11) is 0. The van der Waals surface area contributed by atoms with Gasteiger partial charge in [0.2, 0.25) is 0 Å². The molecule has 0 fully saturated rings. The van der Waals surface area contributed by atoms with Crippen molar-refractivity contribution < 1.29 is 14.1 Å². The summed E-state index contributed by atoms with van der Waals surface area (Å²) >= 11 is 3.15. The van der Waals surface area contributed by atoms with E-state index in [1.807, 2.05) is 23.0 Å². The van der Waals surface area contributed by atoms with E-state index in [2.05, 4.69) is 44.2 Å². The van der Waals surface area contributed by atoms with E-state index in [4.69, 9.17) is 10.5 Å². The van der Waals surface area contributed by atoms with Gasteiger partial charge in [-0.3, -0.25) is 0 Å². The molecule has 0 aliphatic carbocycles. The maximum atomic E-state index is 12.4. The predicted octanol–water partition coefficient (Wildman–Crippen LogP) is 4.74. The van der Waals surface area contributed by atoms with Crippen LogP contribution in [0.25, 0.3) is 5.69 Å². The van der Waals surface area contributed by atoms with Crippen molar-refractivity contribution in [2.45, 2.75) is 31.4 Å². The Morgan fingerprint density at radius 1 is 1.18 bits per heavy atom. The van der Waals surface area contributed by atoms with Crippen LogP contribution in [0.5, 0.6) is 0 Å². The van der Waals surface area contributed by atoms with E-state index in [0.717, 1.165) is 33.2 Å². The Labute approximate surface area is 174 Å². The molecule has 28 heavy (non-hydrogen) atoms. The minimum atomic E-state index is -0.355. The van der Waals surface area contributed by atoms with Crippen LogP contribution in [0.15, 0.2) is 53.0 Å². The van der Waals surface area contributed by atoms with Gasteiger partial charge in [0.1, 0.15) is 14.8 Å². The summed E-state index contributed by atoms with van der Waals surface area (Å²) in [6.45, 7) is 6.25. The van der Waals surface area contributed by atoms with Crippen LogP contribution in [0.3, 0.4) is 0 Å². The summed E-state index contributed by atoms with van der Waals surface area (Å²) in [5.74, 6) is 0.552. The number of thioether (sulfide) groups is 1. The van der Waals surface area contributed by atoms with E-state index in [0.29, 0.717) is 17.2 Å². The minimum absolute atomic E-state index is 0.332. The molecule has 0 aliphatic heterocycles. The molecule has 3 rings (SSSR count). The molecule has 146 valence electrons. The van der Waals surface area contributed by atoms with E-state index in [1.54, 1.807) is 18.7 Å². The van der Waals surface area contributed by atoms with Crippen molar-refractivity contribution in [1.82, 2.24) is 0 Å². The molecule has 2 N–H and O–H groups in total. The van der Waals surface area contributed by atoms with E-state index >= 15 is 0 Å². The Morgan fingerprint density at radius 2 is 1.86 bits per heavy atom. The topological polar surface area (TPSA) is 56.2 Å². The second-order valence-electron chi connectivity index (χ2n) is 6.58. The van der Waals surface area contributed by atoms with E-state index < -0.39 is 0 Å². The van der Waals surface area contributed by atoms with Crippen LogP contribution in [0.1, 0.15) is 33.3 Å². The number of pyridine rings is 1. The number of carbonyl (C=O) groups is 1. The number of nitrogens with zero attached hydrogens (tertiary/aromatic N) is 1. The molecule has 0 amide bonds. The van der Waals surface area contributed by atoms with Gasteiger partial charge in [0.15, 0.2) is 12.4 Å². The van der Waals surface area contributed by atoms with E-state index in [9.17, 15) is 4.79 Å². The lowest BCUT2D eigenvalue weighted by molar-refractivity contribution is -0.597. The second kappa shape index (κ2) is 9.26. The van der Waals surface area contributed by atoms with Gasteiger partial charge in [0.25, 0.3) is 5.69 Å². The molecule has 0 aliphatic rings. The average Bonchev–Trinajstić information content (AvgIpc) is 2.98. The largest absolute Gasteiger partial charge is 0.462 e. The summed E-state index contributed by atoms with van der Waals surface area (Å²) in [6.07, 6.45) is 5.04. The monoisotopic (exact) mass is 413 g/mol. The van der Waals surface area contributed by atoms with Gasteiger partial charge in [-0.25, -0.2) is 4.79 Å². The van der Waals surface area contributed by atoms with Gasteiger partial charge in [-0.15, -0.1) is 23.1 Å². The molecule has 0 bridgehead atoms. The van der Waals surface area contributed by atoms with Crippen LogP contribution >= 0.6 is 23.1 Å². The first-order chi connectivity index (χ1) is 13.5. The van der Waals surface area contributed by atoms with Crippen LogP contribution in [-0.2, 0) is 11.2 Å². The number of thiophene rings is 1. The first-order valence-corrected chi connectivity index (χ1v) is 11.1. The first-order valence-electron chi connectivity index (χ1n) is 9.25. The average molecular weight is 414 g/mol. The number of aromatic nitrogens is 1. The van der Waals surface area contributed by atoms with Crippen LogP contribution in [-0.4, -0.2) is 18.3 Å². The van der Waals surface area contributed by atoms with Crippen LogP contribution < -0.4 is 10.3 Å². The molecule has 2 aromatic heterocycles. The number of anilines is 1. The zero-order valence-electron chi connectivity index (χ0n) is 16.4. The molecule has 0 atom stereocenters. The number of ether oxygens (including phenoxy) is 1. The number of nitrogens with two attached hydrogens (primary N) is 1. The standard InChI is InChI=1S/C22H24N2O2S2/c1-4-26-21(25)20-18(23)19(24-13-15(2)12-16(3)14-24)22(28-20)27-11-10-17-8-6-5-7-9-17/h5-9,12-14H,4,10-11H2,1-3H3,(H-,23,25)/p+1. The minimum Gasteiger partial charge on any atom is -0.462 e. The normalized spacial score (nSPS) is 10.8. The zero-order valence-corrected chi connectivity index (χ0v) is 18.0. The summed E-state index contributed by atoms with van der Waals surface area (Å²) in [6, 6.07) is 12.5. The van der Waals surface area contributed by atoms with Gasteiger partial charge in [0, 0.05) is 16.9 Å². The maximum Gasteiger partial charge on any atom is 0.350 e. The van der Waals surface area contributed by atoms with Crippen molar-refractivity contribution in [3.8, 4) is 5.69 Å². The third-order valence-electron chi connectivity index (χ3n) is 4.21. The van der Waals surface area contributed by atoms with Crippen LogP contribution in [0, 0.1) is 13.8 Å². The second-order valence-corrected chi connectivity index (χ2v) is 8.97. The number of esters is 1. The number of aryl methyl sites for hydroxylation is 3. The summed E-state index contributed by atoms with van der Waals surface area (Å²) in [4.78, 5) is 12.9. The van der Waals surface area contributed by atoms with Crippen molar-refractivity contribution in [3.05, 3.63) is 70.4 Å². The SMILES string of the molecule is CCOC(=O)c1sc(SCCc2ccccc2)c(-[n+]2cc(C)cc(C)c2)c1N. The Morgan fingerprint density at radius 3 is 2.50 bits per heavy atom. The summed E-state index contributed by atoms with van der Waals surface area (Å²) in [5.41, 5.74) is 11.4. The highest BCUT2D eigenvalue weighted by Gasteiger charge is 2.29. The number of benzene rings is 1. The Hall–Kier alpha value is -2.31. The molecule has 6 heteroatoms. The fraction of sp³-hybridized carbons (Fsp3) is 0.273. The molecule has 0 unspecified atom stereocenters. The quantitative estimate of drug-likeness (QED) is 0.345. The third-order valence-corrected chi connectivity index (χ3v) is 6.65. The van der Waals surface area contributed by atoms with E-state index in [-0.39, 0.29) is 5.97 Å². The summed E-state index contributed by atoms with van der Waals surface area (Å²) in [5, 5.41) is 0. The Bertz CT molecular complexity index is 948.